The van der Waals surface area contributed by atoms with Gasteiger partial charge >= 0.3 is 6.18 Å². The van der Waals surface area contributed by atoms with Gasteiger partial charge in [-0.2, -0.15) is 13.2 Å². The van der Waals surface area contributed by atoms with Crippen LogP contribution in [0.2, 0.25) is 0 Å². The molecule has 0 unspecified atom stereocenters. The Morgan fingerprint density at radius 2 is 1.84 bits per heavy atom. The van der Waals surface area contributed by atoms with Crippen LogP contribution >= 0.6 is 24.0 Å². The van der Waals surface area contributed by atoms with Crippen molar-refractivity contribution in [3.8, 4) is 0 Å². The summed E-state index contributed by atoms with van der Waals surface area (Å²) in [6.45, 7) is 4.65. The first-order chi connectivity index (χ1) is 11.4. The second-order valence-electron chi connectivity index (χ2n) is 5.63. The average Bonchev–Trinajstić information content (AvgIpc) is 2.51. The molecule has 0 aliphatic heterocycles. The van der Waals surface area contributed by atoms with Crippen molar-refractivity contribution in [1.82, 2.24) is 15.5 Å². The molecule has 2 N–H and O–H groups in total. The molecule has 25 heavy (non-hydrogen) atoms. The highest BCUT2D eigenvalue weighted by molar-refractivity contribution is 14.0. The lowest BCUT2D eigenvalue weighted by Gasteiger charge is -2.16. The van der Waals surface area contributed by atoms with Crippen LogP contribution in [0.5, 0.6) is 0 Å². The van der Waals surface area contributed by atoms with Gasteiger partial charge < -0.3 is 15.5 Å². The van der Waals surface area contributed by atoms with E-state index in [0.717, 1.165) is 19.5 Å². The van der Waals surface area contributed by atoms with Gasteiger partial charge in [-0.05, 0) is 32.5 Å². The Kier molecular flexibility index (Phi) is 12.7. The zero-order valence-corrected chi connectivity index (χ0v) is 17.1. The Hall–Kier alpha value is -1.03. The Balaban J connectivity index is 0.00000576. The third-order valence-corrected chi connectivity index (χ3v) is 3.31. The summed E-state index contributed by atoms with van der Waals surface area (Å²) in [5.41, 5.74) is 1.26. The maximum Gasteiger partial charge on any atom is 0.390 e. The van der Waals surface area contributed by atoms with Crippen LogP contribution in [-0.2, 0) is 6.54 Å². The van der Waals surface area contributed by atoms with Crippen LogP contribution in [0.15, 0.2) is 35.3 Å². The van der Waals surface area contributed by atoms with Crippen LogP contribution in [-0.4, -0.2) is 50.3 Å². The fourth-order valence-electron chi connectivity index (χ4n) is 2.17. The van der Waals surface area contributed by atoms with E-state index >= 15 is 0 Å². The molecule has 0 saturated heterocycles. The molecule has 1 rings (SSSR count). The van der Waals surface area contributed by atoms with Crippen LogP contribution in [0.1, 0.15) is 25.3 Å². The molecule has 0 amide bonds. The molecule has 144 valence electrons. The SMILES string of the molecule is CCNC(=NCCCN(C)Cc1ccccc1)NCCC(F)(F)F.I. The van der Waals surface area contributed by atoms with Crippen molar-refractivity contribution in [2.75, 3.05) is 33.2 Å². The van der Waals surface area contributed by atoms with Crippen molar-refractivity contribution in [2.24, 2.45) is 4.99 Å². The van der Waals surface area contributed by atoms with Gasteiger partial charge in [0.25, 0.3) is 0 Å². The van der Waals surface area contributed by atoms with Crippen LogP contribution in [0.4, 0.5) is 13.2 Å². The number of alkyl halides is 3. The van der Waals surface area contributed by atoms with E-state index in [1.165, 1.54) is 5.56 Å². The predicted octanol–water partition coefficient (Wildman–Crippen LogP) is 3.63. The first-order valence-corrected chi connectivity index (χ1v) is 8.22. The second kappa shape index (κ2) is 13.2. The molecular formula is C17H28F3IN4. The van der Waals surface area contributed by atoms with Gasteiger partial charge in [-0.3, -0.25) is 4.99 Å². The highest BCUT2D eigenvalue weighted by Gasteiger charge is 2.26. The molecule has 0 aliphatic rings. The monoisotopic (exact) mass is 472 g/mol. The molecule has 0 heterocycles. The molecule has 8 heteroatoms. The van der Waals surface area contributed by atoms with Gasteiger partial charge in [0.05, 0.1) is 6.42 Å². The standard InChI is InChI=1S/C17H27F3N4.HI/c1-3-21-16(23-12-10-17(18,19)20)22-11-7-13-24(2)14-15-8-5-4-6-9-15;/h4-6,8-9H,3,7,10-14H2,1-2H3,(H2,21,22,23);1H. The topological polar surface area (TPSA) is 39.7 Å². The van der Waals surface area contributed by atoms with Crippen LogP contribution in [0, 0.1) is 0 Å². The molecule has 4 nitrogen and oxygen atoms in total. The number of benzene rings is 1. The number of halogens is 4. The molecule has 1 aromatic rings. The summed E-state index contributed by atoms with van der Waals surface area (Å²) in [7, 11) is 2.05. The third kappa shape index (κ3) is 12.9. The van der Waals surface area contributed by atoms with E-state index < -0.39 is 12.6 Å². The Bertz CT molecular complexity index is 481. The van der Waals surface area contributed by atoms with E-state index in [-0.39, 0.29) is 30.5 Å². The normalized spacial score (nSPS) is 12.0. The predicted molar refractivity (Wildman–Crippen MR) is 107 cm³/mol. The molecule has 0 fully saturated rings. The van der Waals surface area contributed by atoms with Crippen molar-refractivity contribution in [1.29, 1.82) is 0 Å². The highest BCUT2D eigenvalue weighted by Crippen LogP contribution is 2.18. The van der Waals surface area contributed by atoms with E-state index in [1.54, 1.807) is 0 Å². The number of nitrogens with zero attached hydrogens (tertiary/aromatic N) is 2. The molecule has 1 aromatic carbocycles. The molecule has 0 radical (unpaired) electrons. The summed E-state index contributed by atoms with van der Waals surface area (Å²) < 4.78 is 36.5. The van der Waals surface area contributed by atoms with Crippen molar-refractivity contribution >= 4 is 29.9 Å². The molecule has 0 saturated carbocycles. The van der Waals surface area contributed by atoms with Gasteiger partial charge in [0.15, 0.2) is 5.96 Å². The largest absolute Gasteiger partial charge is 0.390 e. The smallest absolute Gasteiger partial charge is 0.357 e. The van der Waals surface area contributed by atoms with Gasteiger partial charge in [-0.1, -0.05) is 30.3 Å². The summed E-state index contributed by atoms with van der Waals surface area (Å²) in [6, 6.07) is 10.2. The van der Waals surface area contributed by atoms with E-state index in [4.69, 9.17) is 0 Å². The van der Waals surface area contributed by atoms with Gasteiger partial charge in [-0.15, -0.1) is 24.0 Å². The van der Waals surface area contributed by atoms with E-state index in [0.29, 0.717) is 19.0 Å². The average molecular weight is 472 g/mol. The molecule has 0 aromatic heterocycles. The van der Waals surface area contributed by atoms with Crippen molar-refractivity contribution in [3.05, 3.63) is 35.9 Å². The number of aliphatic imine (C=N–C) groups is 1. The molecule has 0 spiro atoms. The van der Waals surface area contributed by atoms with Crippen molar-refractivity contribution < 1.29 is 13.2 Å². The minimum Gasteiger partial charge on any atom is -0.357 e. The van der Waals surface area contributed by atoms with Gasteiger partial charge in [-0.25, -0.2) is 0 Å². The van der Waals surface area contributed by atoms with Crippen LogP contribution in [0.25, 0.3) is 0 Å². The van der Waals surface area contributed by atoms with Crippen LogP contribution < -0.4 is 10.6 Å². The number of nitrogens with one attached hydrogen (secondary N) is 2. The quantitative estimate of drug-likeness (QED) is 0.250. The lowest BCUT2D eigenvalue weighted by Crippen LogP contribution is -2.39. The first kappa shape index (κ1) is 24.0. The summed E-state index contributed by atoms with van der Waals surface area (Å²) in [5, 5.41) is 5.67. The second-order valence-corrected chi connectivity index (χ2v) is 5.63. The number of rotatable bonds is 9. The zero-order valence-electron chi connectivity index (χ0n) is 14.8. The Labute approximate surface area is 165 Å². The summed E-state index contributed by atoms with van der Waals surface area (Å²) in [4.78, 5) is 6.52. The number of hydrogen-bond donors (Lipinski definition) is 2. The minimum atomic E-state index is -4.15. The summed E-state index contributed by atoms with van der Waals surface area (Å²) in [5.74, 6) is 0.437. The maximum absolute atomic E-state index is 12.2. The van der Waals surface area contributed by atoms with E-state index in [9.17, 15) is 13.2 Å². The van der Waals surface area contributed by atoms with E-state index in [2.05, 4.69) is 32.7 Å². The minimum absolute atomic E-state index is 0. The van der Waals surface area contributed by atoms with Crippen molar-refractivity contribution in [3.63, 3.8) is 0 Å². The lowest BCUT2D eigenvalue weighted by atomic mass is 10.2. The van der Waals surface area contributed by atoms with Gasteiger partial charge in [0.1, 0.15) is 0 Å². The van der Waals surface area contributed by atoms with Crippen molar-refractivity contribution in [2.45, 2.75) is 32.5 Å². The Morgan fingerprint density at radius 3 is 2.44 bits per heavy atom. The highest BCUT2D eigenvalue weighted by atomic mass is 127. The maximum atomic E-state index is 12.2. The number of hydrogen-bond acceptors (Lipinski definition) is 2. The first-order valence-electron chi connectivity index (χ1n) is 8.22. The van der Waals surface area contributed by atoms with Gasteiger partial charge in [0, 0.05) is 26.2 Å². The Morgan fingerprint density at radius 1 is 1.16 bits per heavy atom. The fourth-order valence-corrected chi connectivity index (χ4v) is 2.17. The molecule has 0 aliphatic carbocycles. The summed E-state index contributed by atoms with van der Waals surface area (Å²) >= 11 is 0. The third-order valence-electron chi connectivity index (χ3n) is 3.31. The molecule has 0 bridgehead atoms. The van der Waals surface area contributed by atoms with Crippen LogP contribution in [0.3, 0.4) is 0 Å². The zero-order chi connectivity index (χ0) is 17.8. The fraction of sp³-hybridized carbons (Fsp3) is 0.588. The lowest BCUT2D eigenvalue weighted by molar-refractivity contribution is -0.132. The molecular weight excluding hydrogens is 444 g/mol. The van der Waals surface area contributed by atoms with Gasteiger partial charge in [0.2, 0.25) is 0 Å². The van der Waals surface area contributed by atoms with E-state index in [1.807, 2.05) is 32.2 Å². The summed E-state index contributed by atoms with van der Waals surface area (Å²) in [6.07, 6.45) is -4.17. The number of guanidine groups is 1. The molecule has 0 atom stereocenters.